The number of amides is 1. The molecule has 0 saturated heterocycles. The lowest BCUT2D eigenvalue weighted by Gasteiger charge is -2.22. The summed E-state index contributed by atoms with van der Waals surface area (Å²) < 4.78 is 15.6. The molecule has 3 aromatic rings. The quantitative estimate of drug-likeness (QED) is 0.243. The van der Waals surface area contributed by atoms with Crippen LogP contribution in [0.1, 0.15) is 36.7 Å². The maximum absolute atomic E-state index is 14.0. The van der Waals surface area contributed by atoms with Crippen molar-refractivity contribution in [3.05, 3.63) is 59.9 Å². The van der Waals surface area contributed by atoms with Crippen LogP contribution in [0.4, 0.5) is 10.1 Å². The summed E-state index contributed by atoms with van der Waals surface area (Å²) in [6.45, 7) is 3.88. The highest BCUT2D eigenvalue weighted by molar-refractivity contribution is 6.00. The van der Waals surface area contributed by atoms with Crippen molar-refractivity contribution in [1.29, 1.82) is 10.5 Å². The molecule has 13 nitrogen and oxygen atoms in total. The van der Waals surface area contributed by atoms with Gasteiger partial charge in [-0.25, -0.2) is 18.5 Å². The van der Waals surface area contributed by atoms with Crippen molar-refractivity contribution in [3.63, 3.8) is 0 Å². The van der Waals surface area contributed by atoms with Gasteiger partial charge in [0.2, 0.25) is 0 Å². The Bertz CT molecular complexity index is 1500. The highest BCUT2D eigenvalue weighted by Gasteiger charge is 2.27. The van der Waals surface area contributed by atoms with E-state index in [0.29, 0.717) is 40.3 Å². The fourth-order valence-corrected chi connectivity index (χ4v) is 3.09. The number of nitrogens with zero attached hydrogens (tertiary/aromatic N) is 5. The molecule has 0 spiro atoms. The van der Waals surface area contributed by atoms with Gasteiger partial charge in [0.1, 0.15) is 18.3 Å². The number of pyridine rings is 1. The van der Waals surface area contributed by atoms with Crippen LogP contribution in [-0.4, -0.2) is 72.1 Å². The average molecular weight is 552 g/mol. The number of carbonyl (C=O) groups excluding carboxylic acids is 1. The van der Waals surface area contributed by atoms with Crippen molar-refractivity contribution < 1.29 is 34.1 Å². The molecular formula is C26H26FN7O6. The lowest BCUT2D eigenvalue weighted by molar-refractivity contribution is -0.134. The predicted molar refractivity (Wildman–Crippen MR) is 140 cm³/mol. The number of hydrogen-bond acceptors (Lipinski definition) is 9. The number of alkyl halides is 1. The zero-order valence-corrected chi connectivity index (χ0v) is 21.7. The second-order valence-electron chi connectivity index (χ2n) is 8.86. The molecule has 3 rings (SSSR count). The third kappa shape index (κ3) is 8.61. The molecular weight excluding hydrogens is 525 g/mol. The van der Waals surface area contributed by atoms with E-state index in [1.165, 1.54) is 26.2 Å². The molecule has 0 fully saturated rings. The molecule has 0 aliphatic heterocycles. The summed E-state index contributed by atoms with van der Waals surface area (Å²) >= 11 is 0. The minimum Gasteiger partial charge on any atom is -0.478 e. The maximum Gasteiger partial charge on any atom is 0.328 e. The van der Waals surface area contributed by atoms with Gasteiger partial charge in [-0.2, -0.15) is 15.6 Å². The first kappa shape index (κ1) is 30.9. The lowest BCUT2D eigenvalue weighted by Crippen LogP contribution is -2.42. The molecule has 5 N–H and O–H groups in total. The monoisotopic (exact) mass is 551 g/mol. The van der Waals surface area contributed by atoms with Crippen molar-refractivity contribution >= 4 is 29.0 Å². The number of nitriles is 2. The summed E-state index contributed by atoms with van der Waals surface area (Å²) in [6, 6.07) is 10.3. The van der Waals surface area contributed by atoms with Gasteiger partial charge in [0.05, 0.1) is 58.1 Å². The lowest BCUT2D eigenvalue weighted by atomic mass is 10.0. The van der Waals surface area contributed by atoms with E-state index in [2.05, 4.69) is 20.7 Å². The molecule has 2 atom stereocenters. The molecule has 0 bridgehead atoms. The standard InChI is InChI=1S/C22H22FN7O2.C4H4O4/c1-13(8-24)29-17-7-18(19-5-4-15-6-14(9-25)10-28-30(15)19)26-11-16(17)21(31)27-12-20(23)22(2,3)32;5-3(6)1-2-4(7)8/h4-7,10-11,13,20,32H,12H2,1-3H3,(H,26,29)(H,27,31);1-2H,(H,5,6)(H,7,8)/b;2-1+/t13-,20-;/m1./s1. The number of nitrogens with one attached hydrogen (secondary N) is 2. The molecule has 1 amide bonds. The molecule has 0 aliphatic rings. The van der Waals surface area contributed by atoms with Crippen LogP contribution in [0.5, 0.6) is 0 Å². The van der Waals surface area contributed by atoms with Crippen molar-refractivity contribution in [2.45, 2.75) is 38.6 Å². The third-order valence-corrected chi connectivity index (χ3v) is 5.18. The SMILES string of the molecule is C[C@H](C#N)Nc1cc(-c2ccc3cc(C#N)cnn23)ncc1C(=O)NC[C@@H](F)C(C)(C)O.O=C(O)/C=C/C(=O)O. The molecule has 3 aromatic heterocycles. The largest absolute Gasteiger partial charge is 0.478 e. The van der Waals surface area contributed by atoms with Gasteiger partial charge < -0.3 is 26.0 Å². The van der Waals surface area contributed by atoms with Crippen LogP contribution in [0.2, 0.25) is 0 Å². The van der Waals surface area contributed by atoms with Gasteiger partial charge in [-0.3, -0.25) is 9.78 Å². The summed E-state index contributed by atoms with van der Waals surface area (Å²) in [6.07, 6.45) is 2.22. The van der Waals surface area contributed by atoms with Crippen molar-refractivity contribution in [2.24, 2.45) is 0 Å². The van der Waals surface area contributed by atoms with Gasteiger partial charge in [-0.1, -0.05) is 0 Å². The Balaban J connectivity index is 0.000000611. The molecule has 0 aromatic carbocycles. The van der Waals surface area contributed by atoms with Crippen LogP contribution in [0.25, 0.3) is 16.9 Å². The maximum atomic E-state index is 14.0. The number of fused-ring (bicyclic) bond motifs is 1. The minimum absolute atomic E-state index is 0.124. The zero-order valence-electron chi connectivity index (χ0n) is 21.7. The molecule has 0 radical (unpaired) electrons. The fraction of sp³-hybridized carbons (Fsp3) is 0.269. The Hall–Kier alpha value is -5.34. The smallest absolute Gasteiger partial charge is 0.328 e. The summed E-state index contributed by atoms with van der Waals surface area (Å²) in [5.74, 6) is -3.11. The number of anilines is 1. The number of rotatable bonds is 9. The number of carbonyl (C=O) groups is 3. The van der Waals surface area contributed by atoms with Crippen molar-refractivity contribution in [3.8, 4) is 23.5 Å². The Morgan fingerprint density at radius 2 is 1.80 bits per heavy atom. The summed E-state index contributed by atoms with van der Waals surface area (Å²) in [5.41, 5.74) is 1.08. The number of carboxylic acids is 2. The first-order valence-electron chi connectivity index (χ1n) is 11.6. The Labute approximate surface area is 227 Å². The highest BCUT2D eigenvalue weighted by Crippen LogP contribution is 2.26. The first-order valence-corrected chi connectivity index (χ1v) is 11.6. The molecule has 14 heteroatoms. The van der Waals surface area contributed by atoms with Crippen LogP contribution in [0, 0.1) is 22.7 Å². The van der Waals surface area contributed by atoms with E-state index in [9.17, 15) is 29.1 Å². The number of halogens is 1. The Kier molecular flexibility index (Phi) is 10.4. The van der Waals surface area contributed by atoms with Gasteiger partial charge in [0, 0.05) is 18.3 Å². The predicted octanol–water partition coefficient (Wildman–Crippen LogP) is 2.14. The van der Waals surface area contributed by atoms with Crippen LogP contribution >= 0.6 is 0 Å². The van der Waals surface area contributed by atoms with Gasteiger partial charge in [-0.15, -0.1) is 0 Å². The molecule has 40 heavy (non-hydrogen) atoms. The molecule has 208 valence electrons. The van der Waals surface area contributed by atoms with Crippen LogP contribution in [-0.2, 0) is 9.59 Å². The molecule has 0 saturated carbocycles. The van der Waals surface area contributed by atoms with Gasteiger partial charge >= 0.3 is 11.9 Å². The van der Waals surface area contributed by atoms with Gasteiger partial charge in [0.25, 0.3) is 5.91 Å². The number of hydrogen-bond donors (Lipinski definition) is 5. The summed E-state index contributed by atoms with van der Waals surface area (Å²) in [5, 5.41) is 53.2. The Morgan fingerprint density at radius 3 is 2.35 bits per heavy atom. The van der Waals surface area contributed by atoms with E-state index in [1.807, 2.05) is 12.1 Å². The fourth-order valence-electron chi connectivity index (χ4n) is 3.09. The summed E-state index contributed by atoms with van der Waals surface area (Å²) in [4.78, 5) is 36.1. The van der Waals surface area contributed by atoms with Crippen molar-refractivity contribution in [1.82, 2.24) is 19.9 Å². The van der Waals surface area contributed by atoms with Gasteiger partial charge in [-0.05, 0) is 45.0 Å². The third-order valence-electron chi connectivity index (χ3n) is 5.18. The second-order valence-corrected chi connectivity index (χ2v) is 8.86. The van der Waals surface area contributed by atoms with Crippen LogP contribution < -0.4 is 10.6 Å². The van der Waals surface area contributed by atoms with Gasteiger partial charge in [0.15, 0.2) is 0 Å². The Morgan fingerprint density at radius 1 is 1.15 bits per heavy atom. The minimum atomic E-state index is -1.66. The zero-order chi connectivity index (χ0) is 30.0. The number of aliphatic hydroxyl groups is 1. The molecule has 0 aliphatic carbocycles. The first-order chi connectivity index (χ1) is 18.8. The molecule has 3 heterocycles. The highest BCUT2D eigenvalue weighted by atomic mass is 19.1. The van der Waals surface area contributed by atoms with E-state index < -0.39 is 35.7 Å². The normalized spacial score (nSPS) is 12.4. The average Bonchev–Trinajstić information content (AvgIpc) is 3.33. The topological polar surface area (TPSA) is 214 Å². The van der Waals surface area contributed by atoms with Crippen LogP contribution in [0.15, 0.2) is 48.8 Å². The van der Waals surface area contributed by atoms with Crippen molar-refractivity contribution in [2.75, 3.05) is 11.9 Å². The van der Waals surface area contributed by atoms with E-state index in [1.54, 1.807) is 35.7 Å². The summed E-state index contributed by atoms with van der Waals surface area (Å²) in [7, 11) is 0. The van der Waals surface area contributed by atoms with Crippen LogP contribution in [0.3, 0.4) is 0 Å². The van der Waals surface area contributed by atoms with E-state index >= 15 is 0 Å². The van der Waals surface area contributed by atoms with E-state index in [0.717, 1.165) is 0 Å². The number of carboxylic acid groups (broad SMARTS) is 2. The number of aliphatic carboxylic acids is 2. The molecule has 0 unspecified atom stereocenters. The van der Waals surface area contributed by atoms with E-state index in [-0.39, 0.29) is 12.1 Å². The number of aromatic nitrogens is 3. The second kappa shape index (κ2) is 13.5. The van der Waals surface area contributed by atoms with E-state index in [4.69, 9.17) is 15.5 Å².